The molecule has 1 aliphatic rings. The molecule has 0 amide bonds. The van der Waals surface area contributed by atoms with Crippen molar-refractivity contribution in [3.05, 3.63) is 0 Å². The van der Waals surface area contributed by atoms with Crippen LogP contribution < -0.4 is 5.32 Å². The van der Waals surface area contributed by atoms with Crippen LogP contribution in [0.3, 0.4) is 0 Å². The van der Waals surface area contributed by atoms with Gasteiger partial charge >= 0.3 is 0 Å². The van der Waals surface area contributed by atoms with Crippen molar-refractivity contribution in [2.24, 2.45) is 11.8 Å². The van der Waals surface area contributed by atoms with E-state index in [0.29, 0.717) is 6.04 Å². The molecule has 1 aliphatic carbocycles. The first-order valence-corrected chi connectivity index (χ1v) is 4.97. The molecule has 1 fully saturated rings. The number of nitrogens with one attached hydrogen (secondary N) is 1. The van der Waals surface area contributed by atoms with Gasteiger partial charge in [-0.15, -0.1) is 0 Å². The summed E-state index contributed by atoms with van der Waals surface area (Å²) in [5.74, 6) is 2.07. The molecule has 1 saturated carbocycles. The van der Waals surface area contributed by atoms with Gasteiger partial charge in [-0.25, -0.2) is 0 Å². The van der Waals surface area contributed by atoms with Gasteiger partial charge in [-0.3, -0.25) is 0 Å². The van der Waals surface area contributed by atoms with Crippen LogP contribution in [0.1, 0.15) is 40.0 Å². The molecule has 2 unspecified atom stereocenters. The zero-order chi connectivity index (χ0) is 8.27. The van der Waals surface area contributed by atoms with E-state index in [9.17, 15) is 0 Å². The largest absolute Gasteiger partial charge is 0.314 e. The Balaban J connectivity index is 1.95. The zero-order valence-corrected chi connectivity index (χ0v) is 8.06. The molecule has 1 heteroatoms. The van der Waals surface area contributed by atoms with Gasteiger partial charge in [-0.05, 0) is 24.8 Å². The van der Waals surface area contributed by atoms with Crippen LogP contribution in [-0.2, 0) is 0 Å². The van der Waals surface area contributed by atoms with Gasteiger partial charge in [0.25, 0.3) is 0 Å². The van der Waals surface area contributed by atoms with Crippen molar-refractivity contribution in [1.29, 1.82) is 0 Å². The molecule has 0 radical (unpaired) electrons. The molecule has 1 rings (SSSR count). The second-order valence-electron chi connectivity index (χ2n) is 4.11. The Hall–Kier alpha value is -0.0400. The first-order valence-electron chi connectivity index (χ1n) is 4.97. The van der Waals surface area contributed by atoms with Crippen molar-refractivity contribution in [3.8, 4) is 0 Å². The van der Waals surface area contributed by atoms with Crippen LogP contribution in [0, 0.1) is 11.8 Å². The molecule has 0 saturated heterocycles. The fourth-order valence-electron chi connectivity index (χ4n) is 1.67. The Labute approximate surface area is 70.6 Å². The summed E-state index contributed by atoms with van der Waals surface area (Å²) in [7, 11) is 0. The van der Waals surface area contributed by atoms with E-state index in [0.717, 1.165) is 11.8 Å². The molecule has 1 nitrogen and oxygen atoms in total. The minimum absolute atomic E-state index is 0.665. The summed E-state index contributed by atoms with van der Waals surface area (Å²) in [6.45, 7) is 7.97. The highest BCUT2D eigenvalue weighted by Crippen LogP contribution is 2.41. The molecule has 11 heavy (non-hydrogen) atoms. The van der Waals surface area contributed by atoms with Gasteiger partial charge in [0, 0.05) is 6.04 Å². The van der Waals surface area contributed by atoms with Gasteiger partial charge in [0.2, 0.25) is 0 Å². The Morgan fingerprint density at radius 1 is 1.36 bits per heavy atom. The van der Waals surface area contributed by atoms with Crippen molar-refractivity contribution < 1.29 is 0 Å². The van der Waals surface area contributed by atoms with Gasteiger partial charge < -0.3 is 5.32 Å². The number of hydrogen-bond acceptors (Lipinski definition) is 1. The van der Waals surface area contributed by atoms with Crippen LogP contribution in [0.15, 0.2) is 0 Å². The predicted octanol–water partition coefficient (Wildman–Crippen LogP) is 2.42. The monoisotopic (exact) mass is 155 g/mol. The zero-order valence-electron chi connectivity index (χ0n) is 8.06. The third kappa shape index (κ3) is 3.24. The molecule has 0 bridgehead atoms. The van der Waals surface area contributed by atoms with E-state index in [1.54, 1.807) is 0 Å². The SMILES string of the molecule is CCCC1CC1CNC(C)C. The minimum Gasteiger partial charge on any atom is -0.314 e. The Morgan fingerprint density at radius 2 is 2.09 bits per heavy atom. The summed E-state index contributed by atoms with van der Waals surface area (Å²) in [4.78, 5) is 0. The van der Waals surface area contributed by atoms with E-state index in [-0.39, 0.29) is 0 Å². The first-order chi connectivity index (χ1) is 5.24. The highest BCUT2D eigenvalue weighted by Gasteiger charge is 2.35. The van der Waals surface area contributed by atoms with Crippen molar-refractivity contribution in [1.82, 2.24) is 5.32 Å². The topological polar surface area (TPSA) is 12.0 Å². The average molecular weight is 155 g/mol. The average Bonchev–Trinajstić information content (AvgIpc) is 2.64. The van der Waals surface area contributed by atoms with E-state index < -0.39 is 0 Å². The van der Waals surface area contributed by atoms with Crippen molar-refractivity contribution in [2.75, 3.05) is 6.54 Å². The highest BCUT2D eigenvalue weighted by atomic mass is 14.9. The Morgan fingerprint density at radius 3 is 2.64 bits per heavy atom. The van der Waals surface area contributed by atoms with E-state index >= 15 is 0 Å². The lowest BCUT2D eigenvalue weighted by Crippen LogP contribution is -2.25. The maximum absolute atomic E-state index is 3.50. The summed E-state index contributed by atoms with van der Waals surface area (Å²) >= 11 is 0. The molecule has 0 aliphatic heterocycles. The first kappa shape index (κ1) is 9.05. The van der Waals surface area contributed by atoms with Crippen LogP contribution in [0.5, 0.6) is 0 Å². The van der Waals surface area contributed by atoms with Gasteiger partial charge in [-0.1, -0.05) is 33.6 Å². The minimum atomic E-state index is 0.665. The molecular formula is C10H21N. The third-order valence-corrected chi connectivity index (χ3v) is 2.52. The summed E-state index contributed by atoms with van der Waals surface area (Å²) in [6.07, 6.45) is 4.29. The number of rotatable bonds is 5. The van der Waals surface area contributed by atoms with E-state index in [1.165, 1.54) is 25.8 Å². The van der Waals surface area contributed by atoms with Crippen LogP contribution in [0.25, 0.3) is 0 Å². The second kappa shape index (κ2) is 4.10. The van der Waals surface area contributed by atoms with Crippen LogP contribution >= 0.6 is 0 Å². The Bertz CT molecular complexity index is 109. The van der Waals surface area contributed by atoms with Crippen LogP contribution in [0.4, 0.5) is 0 Å². The summed E-state index contributed by atoms with van der Waals surface area (Å²) < 4.78 is 0. The van der Waals surface area contributed by atoms with Gasteiger partial charge in [0.1, 0.15) is 0 Å². The fraction of sp³-hybridized carbons (Fsp3) is 1.00. The summed E-state index contributed by atoms with van der Waals surface area (Å²) in [6, 6.07) is 0.665. The standard InChI is InChI=1S/C10H21N/c1-4-5-9-6-10(9)7-11-8(2)3/h8-11H,4-7H2,1-3H3. The lowest BCUT2D eigenvalue weighted by atomic mass is 10.2. The van der Waals surface area contributed by atoms with E-state index in [1.807, 2.05) is 0 Å². The molecule has 0 spiro atoms. The van der Waals surface area contributed by atoms with Gasteiger partial charge in [0.05, 0.1) is 0 Å². The molecule has 0 heterocycles. The maximum Gasteiger partial charge on any atom is 0.00104 e. The second-order valence-corrected chi connectivity index (χ2v) is 4.11. The molecule has 2 atom stereocenters. The predicted molar refractivity (Wildman–Crippen MR) is 49.6 cm³/mol. The molecule has 66 valence electrons. The molecule has 0 aromatic carbocycles. The molecule has 0 aromatic rings. The lowest BCUT2D eigenvalue weighted by molar-refractivity contribution is 0.528. The number of hydrogen-bond donors (Lipinski definition) is 1. The quantitative estimate of drug-likeness (QED) is 0.643. The molecule has 0 aromatic heterocycles. The summed E-state index contributed by atoms with van der Waals surface area (Å²) in [5.41, 5.74) is 0. The third-order valence-electron chi connectivity index (χ3n) is 2.52. The molecular weight excluding hydrogens is 134 g/mol. The summed E-state index contributed by atoms with van der Waals surface area (Å²) in [5, 5.41) is 3.50. The molecule has 1 N–H and O–H groups in total. The van der Waals surface area contributed by atoms with Crippen LogP contribution in [0.2, 0.25) is 0 Å². The smallest absolute Gasteiger partial charge is 0.00104 e. The normalized spacial score (nSPS) is 29.5. The van der Waals surface area contributed by atoms with Crippen molar-refractivity contribution in [3.63, 3.8) is 0 Å². The highest BCUT2D eigenvalue weighted by molar-refractivity contribution is 4.87. The maximum atomic E-state index is 3.50. The van der Waals surface area contributed by atoms with E-state index in [2.05, 4.69) is 26.1 Å². The lowest BCUT2D eigenvalue weighted by Gasteiger charge is -2.06. The van der Waals surface area contributed by atoms with Crippen molar-refractivity contribution >= 4 is 0 Å². The van der Waals surface area contributed by atoms with Gasteiger partial charge in [0.15, 0.2) is 0 Å². The Kier molecular flexibility index (Phi) is 3.38. The fourth-order valence-corrected chi connectivity index (χ4v) is 1.67. The van der Waals surface area contributed by atoms with E-state index in [4.69, 9.17) is 0 Å². The van der Waals surface area contributed by atoms with Crippen molar-refractivity contribution in [2.45, 2.75) is 46.1 Å². The van der Waals surface area contributed by atoms with Crippen LogP contribution in [-0.4, -0.2) is 12.6 Å². The van der Waals surface area contributed by atoms with Gasteiger partial charge in [-0.2, -0.15) is 0 Å².